The van der Waals surface area contributed by atoms with Gasteiger partial charge < -0.3 is 9.47 Å². The number of carbonyl (C=O) groups excluding carboxylic acids is 3. The topological polar surface area (TPSA) is 72.9 Å². The Labute approximate surface area is 187 Å². The number of imide groups is 1. The molecule has 1 heterocycles. The van der Waals surface area contributed by atoms with E-state index in [1.54, 1.807) is 40.0 Å². The largest absolute Gasteiger partial charge is 0.496 e. The van der Waals surface area contributed by atoms with Crippen LogP contribution < -0.4 is 9.64 Å². The quantitative estimate of drug-likeness (QED) is 0.643. The Morgan fingerprint density at radius 1 is 1.12 bits per heavy atom. The third kappa shape index (κ3) is 3.13. The maximum atomic E-state index is 14.1. The second-order valence-corrected chi connectivity index (χ2v) is 9.31. The van der Waals surface area contributed by atoms with Crippen LogP contribution in [0.1, 0.15) is 51.2 Å². The van der Waals surface area contributed by atoms with E-state index >= 15 is 0 Å². The molecule has 1 aliphatic heterocycles. The monoisotopic (exact) mass is 433 g/mol. The maximum absolute atomic E-state index is 14.1. The highest BCUT2D eigenvalue weighted by Crippen LogP contribution is 2.60. The van der Waals surface area contributed by atoms with E-state index in [0.717, 1.165) is 22.3 Å². The molecule has 0 saturated carbocycles. The molecule has 32 heavy (non-hydrogen) atoms. The Kier molecular flexibility index (Phi) is 5.19. The van der Waals surface area contributed by atoms with Crippen molar-refractivity contribution in [3.63, 3.8) is 0 Å². The molecule has 6 nitrogen and oxygen atoms in total. The van der Waals surface area contributed by atoms with Crippen LogP contribution in [0.15, 0.2) is 59.7 Å². The fraction of sp³-hybridized carbons (Fsp3) is 0.346. The van der Waals surface area contributed by atoms with E-state index in [9.17, 15) is 14.4 Å². The van der Waals surface area contributed by atoms with Crippen molar-refractivity contribution in [2.24, 2.45) is 0 Å². The zero-order chi connectivity index (χ0) is 23.3. The van der Waals surface area contributed by atoms with Crippen LogP contribution in [0.25, 0.3) is 0 Å². The number of fused-ring (bicyclic) bond motifs is 2. The lowest BCUT2D eigenvalue weighted by atomic mass is 9.68. The van der Waals surface area contributed by atoms with Crippen molar-refractivity contribution in [2.75, 3.05) is 12.0 Å². The molecule has 2 aliphatic rings. The zero-order valence-corrected chi connectivity index (χ0v) is 19.0. The van der Waals surface area contributed by atoms with Crippen LogP contribution in [-0.2, 0) is 19.7 Å². The van der Waals surface area contributed by atoms with E-state index in [-0.39, 0.29) is 5.91 Å². The number of para-hydroxylation sites is 2. The smallest absolute Gasteiger partial charge is 0.421 e. The molecule has 0 saturated heterocycles. The number of benzene rings is 2. The molecule has 0 bridgehead atoms. The highest BCUT2D eigenvalue weighted by atomic mass is 16.6. The van der Waals surface area contributed by atoms with E-state index in [1.807, 2.05) is 43.3 Å². The number of carbonyl (C=O) groups is 3. The zero-order valence-electron chi connectivity index (χ0n) is 19.0. The van der Waals surface area contributed by atoms with E-state index < -0.39 is 23.0 Å². The van der Waals surface area contributed by atoms with Gasteiger partial charge in [0.05, 0.1) is 18.2 Å². The minimum Gasteiger partial charge on any atom is -0.496 e. The van der Waals surface area contributed by atoms with Crippen LogP contribution in [-0.4, -0.2) is 31.0 Å². The van der Waals surface area contributed by atoms with Gasteiger partial charge in [-0.3, -0.25) is 9.59 Å². The minimum atomic E-state index is -1.14. The molecule has 0 radical (unpaired) electrons. The van der Waals surface area contributed by atoms with E-state index in [0.29, 0.717) is 29.0 Å². The molecule has 1 aliphatic carbocycles. The highest BCUT2D eigenvalue weighted by Gasteiger charge is 2.62. The Bertz CT molecular complexity index is 1140. The van der Waals surface area contributed by atoms with Crippen LogP contribution >= 0.6 is 0 Å². The summed E-state index contributed by atoms with van der Waals surface area (Å²) in [7, 11) is 1.56. The van der Waals surface area contributed by atoms with Gasteiger partial charge in [-0.15, -0.1) is 0 Å². The molecular formula is C26H27NO5. The summed E-state index contributed by atoms with van der Waals surface area (Å²) in [5, 5.41) is 0. The van der Waals surface area contributed by atoms with Crippen molar-refractivity contribution < 1.29 is 23.9 Å². The molecule has 4 rings (SSSR count). The van der Waals surface area contributed by atoms with Gasteiger partial charge in [0.1, 0.15) is 17.6 Å². The molecule has 6 heteroatoms. The number of rotatable bonds is 3. The number of ether oxygens (including phenoxy) is 2. The molecule has 2 atom stereocenters. The molecule has 2 aromatic carbocycles. The van der Waals surface area contributed by atoms with Crippen molar-refractivity contribution in [3.8, 4) is 5.75 Å². The fourth-order valence-corrected chi connectivity index (χ4v) is 5.05. The van der Waals surface area contributed by atoms with Gasteiger partial charge in [-0.2, -0.15) is 0 Å². The molecule has 1 spiro atoms. The number of anilines is 1. The van der Waals surface area contributed by atoms with Crippen molar-refractivity contribution in [3.05, 3.63) is 70.8 Å². The van der Waals surface area contributed by atoms with Gasteiger partial charge in [0, 0.05) is 11.5 Å². The van der Waals surface area contributed by atoms with Gasteiger partial charge in [0.15, 0.2) is 0 Å². The summed E-state index contributed by atoms with van der Waals surface area (Å²) in [6, 6.07) is 14.6. The lowest BCUT2D eigenvalue weighted by Crippen LogP contribution is -2.47. The molecule has 0 unspecified atom stereocenters. The third-order valence-corrected chi connectivity index (χ3v) is 6.20. The fourth-order valence-electron chi connectivity index (χ4n) is 5.05. The molecular weight excluding hydrogens is 406 g/mol. The first-order valence-corrected chi connectivity index (χ1v) is 10.6. The van der Waals surface area contributed by atoms with Crippen LogP contribution in [0.2, 0.25) is 0 Å². The first-order chi connectivity index (χ1) is 15.2. The van der Waals surface area contributed by atoms with Crippen LogP contribution in [0, 0.1) is 0 Å². The Balaban J connectivity index is 1.96. The number of hydrogen-bond acceptors (Lipinski definition) is 5. The number of nitrogens with zero attached hydrogens (tertiary/aromatic N) is 1. The summed E-state index contributed by atoms with van der Waals surface area (Å²) < 4.78 is 11.2. The third-order valence-electron chi connectivity index (χ3n) is 6.20. The minimum absolute atomic E-state index is 0.332. The first-order valence-electron chi connectivity index (χ1n) is 10.6. The van der Waals surface area contributed by atoms with E-state index in [1.165, 1.54) is 0 Å². The molecule has 2 aromatic rings. The van der Waals surface area contributed by atoms with Crippen molar-refractivity contribution >= 4 is 24.0 Å². The summed E-state index contributed by atoms with van der Waals surface area (Å²) >= 11 is 0. The normalized spacial score (nSPS) is 22.3. The predicted molar refractivity (Wildman–Crippen MR) is 121 cm³/mol. The summed E-state index contributed by atoms with van der Waals surface area (Å²) in [5.74, 6) is -0.385. The summed E-state index contributed by atoms with van der Waals surface area (Å²) in [5.41, 5.74) is 1.41. The van der Waals surface area contributed by atoms with Gasteiger partial charge in [0.25, 0.3) is 0 Å². The van der Waals surface area contributed by atoms with Gasteiger partial charge >= 0.3 is 6.09 Å². The van der Waals surface area contributed by atoms with Crippen LogP contribution in [0.5, 0.6) is 5.75 Å². The number of amides is 2. The molecule has 0 aromatic heterocycles. The van der Waals surface area contributed by atoms with Gasteiger partial charge in [-0.25, -0.2) is 9.69 Å². The molecule has 2 amide bonds. The Morgan fingerprint density at radius 2 is 1.78 bits per heavy atom. The van der Waals surface area contributed by atoms with Gasteiger partial charge in [0.2, 0.25) is 5.91 Å². The van der Waals surface area contributed by atoms with E-state index in [2.05, 4.69) is 0 Å². The van der Waals surface area contributed by atoms with Gasteiger partial charge in [-0.05, 0) is 57.4 Å². The first kappa shape index (κ1) is 21.8. The number of allylic oxidation sites excluding steroid dienone is 2. The molecule has 0 N–H and O–H groups in total. The average molecular weight is 434 g/mol. The summed E-state index contributed by atoms with van der Waals surface area (Å²) in [6.07, 6.45) is 0.439. The summed E-state index contributed by atoms with van der Waals surface area (Å²) in [4.78, 5) is 40.7. The predicted octanol–water partition coefficient (Wildman–Crippen LogP) is 4.92. The van der Waals surface area contributed by atoms with Crippen molar-refractivity contribution in [1.82, 2.24) is 0 Å². The highest BCUT2D eigenvalue weighted by molar-refractivity contribution is 6.22. The standard InChI is InChI=1S/C26H27NO5/c1-16-14-26(22(18(16)15-28)17-10-6-9-13-21(17)31-5)19-11-7-8-12-20(19)27(23(26)29)24(30)32-25(2,3)4/h6-13,15,22H,14H2,1-5H3/t22-,26+/m1/s1. The Morgan fingerprint density at radius 3 is 2.44 bits per heavy atom. The SMILES string of the molecule is COc1ccccc1[C@@H]1C(C=O)=C(C)C[C@@]12C(=O)N(C(=O)OC(C)(C)C)c1ccccc12. The Hall–Kier alpha value is -3.41. The number of aldehydes is 1. The maximum Gasteiger partial charge on any atom is 0.421 e. The lowest BCUT2D eigenvalue weighted by Gasteiger charge is -2.33. The second kappa shape index (κ2) is 7.62. The average Bonchev–Trinajstić information content (AvgIpc) is 3.18. The van der Waals surface area contributed by atoms with Crippen LogP contribution in [0.3, 0.4) is 0 Å². The molecule has 166 valence electrons. The van der Waals surface area contributed by atoms with Crippen molar-refractivity contribution in [1.29, 1.82) is 0 Å². The molecule has 0 fully saturated rings. The van der Waals surface area contributed by atoms with E-state index in [4.69, 9.17) is 9.47 Å². The lowest BCUT2D eigenvalue weighted by molar-refractivity contribution is -0.123. The second-order valence-electron chi connectivity index (χ2n) is 9.31. The number of methoxy groups -OCH3 is 1. The van der Waals surface area contributed by atoms with Gasteiger partial charge in [-0.1, -0.05) is 42.0 Å². The summed E-state index contributed by atoms with van der Waals surface area (Å²) in [6.45, 7) is 7.15. The number of hydrogen-bond donors (Lipinski definition) is 0. The van der Waals surface area contributed by atoms with Crippen molar-refractivity contribution in [2.45, 2.75) is 51.0 Å². The van der Waals surface area contributed by atoms with Crippen LogP contribution in [0.4, 0.5) is 10.5 Å².